The van der Waals surface area contributed by atoms with Gasteiger partial charge in [0.1, 0.15) is 0 Å². The maximum atomic E-state index is 5.59. The molecule has 1 aromatic heterocycles. The zero-order valence-corrected chi connectivity index (χ0v) is 8.89. The summed E-state index contributed by atoms with van der Waals surface area (Å²) in [7, 11) is 1.74. The molecule has 1 fully saturated rings. The van der Waals surface area contributed by atoms with E-state index in [-0.39, 0.29) is 12.1 Å². The van der Waals surface area contributed by atoms with Gasteiger partial charge in [0.25, 0.3) is 0 Å². The fourth-order valence-corrected chi connectivity index (χ4v) is 1.97. The normalized spacial score (nSPS) is 19.9. The third-order valence-corrected chi connectivity index (χ3v) is 2.91. The lowest BCUT2D eigenvalue weighted by Gasteiger charge is -2.25. The summed E-state index contributed by atoms with van der Waals surface area (Å²) in [6.07, 6.45) is 6.21. The Bertz CT molecular complexity index is 300. The van der Waals surface area contributed by atoms with E-state index in [1.54, 1.807) is 13.3 Å². The summed E-state index contributed by atoms with van der Waals surface area (Å²) in [5.74, 6) is 6.22. The summed E-state index contributed by atoms with van der Waals surface area (Å²) in [6.45, 7) is 0. The maximum absolute atomic E-state index is 5.59. The summed E-state index contributed by atoms with van der Waals surface area (Å²) in [5, 5.41) is 0. The third kappa shape index (κ3) is 2.34. The molecule has 0 saturated heterocycles. The van der Waals surface area contributed by atoms with Gasteiger partial charge in [0.15, 0.2) is 0 Å². The number of rotatable bonds is 5. The minimum Gasteiger partial charge on any atom is -0.379 e. The van der Waals surface area contributed by atoms with Crippen LogP contribution in [0.5, 0.6) is 0 Å². The minimum absolute atomic E-state index is 0.0381. The van der Waals surface area contributed by atoms with Crippen LogP contribution in [0.25, 0.3) is 0 Å². The molecular weight excluding hydrogens is 190 g/mol. The largest absolute Gasteiger partial charge is 0.379 e. The van der Waals surface area contributed by atoms with Gasteiger partial charge in [0, 0.05) is 19.5 Å². The van der Waals surface area contributed by atoms with Gasteiger partial charge in [-0.15, -0.1) is 0 Å². The van der Waals surface area contributed by atoms with Gasteiger partial charge in [0.2, 0.25) is 0 Å². The second-order valence-corrected chi connectivity index (χ2v) is 3.97. The smallest absolute Gasteiger partial charge is 0.0807 e. The van der Waals surface area contributed by atoms with Crippen molar-refractivity contribution in [2.45, 2.75) is 25.0 Å². The Labute approximate surface area is 89.8 Å². The number of nitrogens with one attached hydrogen (secondary N) is 1. The molecule has 15 heavy (non-hydrogen) atoms. The summed E-state index contributed by atoms with van der Waals surface area (Å²) >= 11 is 0. The number of nitrogens with two attached hydrogens (primary N) is 1. The van der Waals surface area contributed by atoms with Crippen LogP contribution >= 0.6 is 0 Å². The first-order valence-electron chi connectivity index (χ1n) is 5.25. The second-order valence-electron chi connectivity index (χ2n) is 3.97. The number of hydrogen-bond acceptors (Lipinski definition) is 4. The molecule has 0 aliphatic heterocycles. The van der Waals surface area contributed by atoms with E-state index in [4.69, 9.17) is 10.6 Å². The van der Waals surface area contributed by atoms with Gasteiger partial charge in [-0.25, -0.2) is 0 Å². The molecule has 2 atom stereocenters. The van der Waals surface area contributed by atoms with Gasteiger partial charge in [0.05, 0.1) is 12.1 Å². The Hall–Kier alpha value is -0.970. The molecule has 2 rings (SSSR count). The number of nitrogens with zero attached hydrogens (tertiary/aromatic N) is 1. The van der Waals surface area contributed by atoms with Crippen LogP contribution in [0.2, 0.25) is 0 Å². The topological polar surface area (TPSA) is 60.2 Å². The molecule has 1 saturated carbocycles. The molecule has 0 spiro atoms. The first kappa shape index (κ1) is 10.5. The van der Waals surface area contributed by atoms with Crippen molar-refractivity contribution in [2.75, 3.05) is 7.11 Å². The Balaban J connectivity index is 2.15. The van der Waals surface area contributed by atoms with Crippen molar-refractivity contribution >= 4 is 0 Å². The number of hydrogen-bond donors (Lipinski definition) is 2. The van der Waals surface area contributed by atoms with Crippen LogP contribution in [0.4, 0.5) is 0 Å². The van der Waals surface area contributed by atoms with E-state index in [1.807, 2.05) is 18.3 Å². The zero-order valence-electron chi connectivity index (χ0n) is 8.89. The van der Waals surface area contributed by atoms with Gasteiger partial charge >= 0.3 is 0 Å². The van der Waals surface area contributed by atoms with Crippen molar-refractivity contribution in [1.29, 1.82) is 0 Å². The summed E-state index contributed by atoms with van der Waals surface area (Å²) in [6, 6.07) is 3.97. The van der Waals surface area contributed by atoms with E-state index < -0.39 is 0 Å². The lowest BCUT2D eigenvalue weighted by molar-refractivity contribution is 0.0506. The Morgan fingerprint density at radius 3 is 2.87 bits per heavy atom. The van der Waals surface area contributed by atoms with E-state index in [2.05, 4.69) is 10.4 Å². The first-order valence-corrected chi connectivity index (χ1v) is 5.25. The second kappa shape index (κ2) is 4.70. The highest BCUT2D eigenvalue weighted by atomic mass is 16.5. The molecule has 0 bridgehead atoms. The highest BCUT2D eigenvalue weighted by Crippen LogP contribution is 2.39. The van der Waals surface area contributed by atoms with Crippen molar-refractivity contribution in [3.63, 3.8) is 0 Å². The fourth-order valence-electron chi connectivity index (χ4n) is 1.97. The monoisotopic (exact) mass is 207 g/mol. The van der Waals surface area contributed by atoms with Crippen LogP contribution in [-0.4, -0.2) is 18.2 Å². The molecular formula is C11H17N3O. The molecule has 82 valence electrons. The van der Waals surface area contributed by atoms with Crippen LogP contribution < -0.4 is 11.3 Å². The molecule has 1 heterocycles. The van der Waals surface area contributed by atoms with E-state index in [0.717, 1.165) is 5.56 Å². The van der Waals surface area contributed by atoms with E-state index in [9.17, 15) is 0 Å². The highest BCUT2D eigenvalue weighted by Gasteiger charge is 2.37. The molecule has 1 aliphatic carbocycles. The molecule has 1 aromatic rings. The van der Waals surface area contributed by atoms with Crippen LogP contribution in [0.15, 0.2) is 24.5 Å². The number of pyridine rings is 1. The van der Waals surface area contributed by atoms with Gasteiger partial charge in [-0.2, -0.15) is 0 Å². The van der Waals surface area contributed by atoms with Crippen molar-refractivity contribution in [1.82, 2.24) is 10.4 Å². The molecule has 0 radical (unpaired) electrons. The molecule has 3 N–H and O–H groups in total. The summed E-state index contributed by atoms with van der Waals surface area (Å²) < 4.78 is 5.51. The van der Waals surface area contributed by atoms with Crippen molar-refractivity contribution in [3.8, 4) is 0 Å². The van der Waals surface area contributed by atoms with Gasteiger partial charge in [-0.1, -0.05) is 6.07 Å². The Morgan fingerprint density at radius 1 is 1.60 bits per heavy atom. The molecule has 2 unspecified atom stereocenters. The third-order valence-electron chi connectivity index (χ3n) is 2.91. The van der Waals surface area contributed by atoms with E-state index in [0.29, 0.717) is 5.92 Å². The lowest BCUT2D eigenvalue weighted by Crippen LogP contribution is -2.38. The Kier molecular flexibility index (Phi) is 3.30. The van der Waals surface area contributed by atoms with Crippen molar-refractivity contribution in [2.24, 2.45) is 11.8 Å². The van der Waals surface area contributed by atoms with Gasteiger partial charge in [-0.05, 0) is 30.4 Å². The van der Waals surface area contributed by atoms with E-state index >= 15 is 0 Å². The van der Waals surface area contributed by atoms with Crippen LogP contribution in [0.1, 0.15) is 24.4 Å². The lowest BCUT2D eigenvalue weighted by atomic mass is 10.0. The maximum Gasteiger partial charge on any atom is 0.0807 e. The SMILES string of the molecule is COC(C1CC1)C(NN)c1cccnc1. The number of ether oxygens (including phenoxy) is 1. The predicted molar refractivity (Wildman–Crippen MR) is 57.8 cm³/mol. The van der Waals surface area contributed by atoms with Crippen LogP contribution in [-0.2, 0) is 4.74 Å². The van der Waals surface area contributed by atoms with Crippen molar-refractivity contribution in [3.05, 3.63) is 30.1 Å². The quantitative estimate of drug-likeness (QED) is 0.559. The molecule has 0 aromatic carbocycles. The summed E-state index contributed by atoms with van der Waals surface area (Å²) in [4.78, 5) is 4.10. The number of aromatic nitrogens is 1. The molecule has 1 aliphatic rings. The molecule has 4 nitrogen and oxygen atoms in total. The standard InChI is InChI=1S/C11H17N3O/c1-15-11(8-4-5-8)10(14-12)9-3-2-6-13-7-9/h2-3,6-8,10-11,14H,4-5,12H2,1H3. The zero-order chi connectivity index (χ0) is 10.7. The molecule has 4 heteroatoms. The van der Waals surface area contributed by atoms with E-state index in [1.165, 1.54) is 12.8 Å². The molecule has 0 amide bonds. The van der Waals surface area contributed by atoms with Gasteiger partial charge < -0.3 is 4.74 Å². The highest BCUT2D eigenvalue weighted by molar-refractivity contribution is 5.16. The fraction of sp³-hybridized carbons (Fsp3) is 0.545. The van der Waals surface area contributed by atoms with Crippen molar-refractivity contribution < 1.29 is 4.74 Å². The van der Waals surface area contributed by atoms with Gasteiger partial charge in [-0.3, -0.25) is 16.3 Å². The first-order chi connectivity index (χ1) is 7.36. The van der Waals surface area contributed by atoms with Crippen LogP contribution in [0, 0.1) is 5.92 Å². The average molecular weight is 207 g/mol. The number of hydrazine groups is 1. The average Bonchev–Trinajstić information content (AvgIpc) is 3.11. The Morgan fingerprint density at radius 2 is 2.40 bits per heavy atom. The number of methoxy groups -OCH3 is 1. The predicted octanol–water partition coefficient (Wildman–Crippen LogP) is 1.01. The van der Waals surface area contributed by atoms with Crippen LogP contribution in [0.3, 0.4) is 0 Å². The minimum atomic E-state index is 0.0381. The summed E-state index contributed by atoms with van der Waals surface area (Å²) in [5.41, 5.74) is 3.91.